The van der Waals surface area contributed by atoms with Crippen molar-refractivity contribution in [1.82, 2.24) is 14.6 Å². The molecule has 1 fully saturated rings. The van der Waals surface area contributed by atoms with Gasteiger partial charge in [-0.15, -0.1) is 13.2 Å². The summed E-state index contributed by atoms with van der Waals surface area (Å²) in [6.07, 6.45) is -1.47. The highest BCUT2D eigenvalue weighted by atomic mass is 32.2. The SMILES string of the molecule is CC(C)c1ccccc1N=C1SCC(=O)N1/N=C\c1ccc2c(ccc3c2ncn3-c2ccc(OC(F)(F)F)cc2)c1. The van der Waals surface area contributed by atoms with Crippen LogP contribution in [0.1, 0.15) is 30.9 Å². The van der Waals surface area contributed by atoms with Crippen molar-refractivity contribution in [1.29, 1.82) is 0 Å². The first-order valence-corrected chi connectivity index (χ1v) is 14.1. The zero-order chi connectivity index (χ0) is 29.4. The van der Waals surface area contributed by atoms with Gasteiger partial charge in [-0.1, -0.05) is 62.0 Å². The maximum atomic E-state index is 12.6. The molecule has 2 heterocycles. The number of aliphatic imine (C=N–C) groups is 1. The first-order valence-electron chi connectivity index (χ1n) is 13.1. The fourth-order valence-electron chi connectivity index (χ4n) is 4.78. The first kappa shape index (κ1) is 27.5. The molecule has 5 aromatic rings. The van der Waals surface area contributed by atoms with E-state index in [1.807, 2.05) is 54.6 Å². The molecule has 1 aromatic heterocycles. The molecule has 0 N–H and O–H groups in total. The second-order valence-electron chi connectivity index (χ2n) is 9.92. The number of imidazole rings is 1. The smallest absolute Gasteiger partial charge is 0.406 e. The lowest BCUT2D eigenvalue weighted by atomic mass is 10.0. The van der Waals surface area contributed by atoms with Gasteiger partial charge in [-0.3, -0.25) is 9.36 Å². The third-order valence-electron chi connectivity index (χ3n) is 6.74. The maximum absolute atomic E-state index is 12.6. The normalized spacial score (nSPS) is 15.2. The second-order valence-corrected chi connectivity index (χ2v) is 10.9. The lowest BCUT2D eigenvalue weighted by Crippen LogP contribution is -2.23. The minimum Gasteiger partial charge on any atom is -0.406 e. The standard InChI is InChI=1S/C31H24F3N5O2S/c1-19(2)24-5-3-4-6-26(24)37-30-39(28(40)17-42-30)36-16-20-7-13-25-21(15-20)8-14-27-29(25)35-18-38(27)22-9-11-23(12-10-22)41-31(32,33)34/h3-16,18-19H,17H2,1-2H3/b36-16-,37-30?. The van der Waals surface area contributed by atoms with Crippen LogP contribution in [0, 0.1) is 0 Å². The quantitative estimate of drug-likeness (QED) is 0.190. The lowest BCUT2D eigenvalue weighted by molar-refractivity contribution is -0.274. The van der Waals surface area contributed by atoms with Crippen molar-refractivity contribution in [3.8, 4) is 11.4 Å². The number of hydrogen-bond donors (Lipinski definition) is 0. The molecule has 42 heavy (non-hydrogen) atoms. The van der Waals surface area contributed by atoms with Crippen LogP contribution in [0.2, 0.25) is 0 Å². The van der Waals surface area contributed by atoms with E-state index in [2.05, 4.69) is 28.7 Å². The highest BCUT2D eigenvalue weighted by Gasteiger charge is 2.31. The van der Waals surface area contributed by atoms with Gasteiger partial charge in [-0.25, -0.2) is 9.98 Å². The number of halogens is 3. The summed E-state index contributed by atoms with van der Waals surface area (Å²) in [6, 6.07) is 23.2. The van der Waals surface area contributed by atoms with Crippen LogP contribution < -0.4 is 4.74 Å². The van der Waals surface area contributed by atoms with Crippen molar-refractivity contribution in [3.05, 3.63) is 96.3 Å². The van der Waals surface area contributed by atoms with Crippen LogP contribution in [0.25, 0.3) is 27.5 Å². The molecule has 0 bridgehead atoms. The zero-order valence-corrected chi connectivity index (χ0v) is 23.4. The molecule has 11 heteroatoms. The number of hydrazone groups is 1. The Bertz CT molecular complexity index is 1860. The molecule has 0 atom stereocenters. The van der Waals surface area contributed by atoms with E-state index in [9.17, 15) is 18.0 Å². The molecule has 0 spiro atoms. The van der Waals surface area contributed by atoms with Crippen molar-refractivity contribution in [2.24, 2.45) is 10.1 Å². The van der Waals surface area contributed by atoms with E-state index in [0.717, 1.165) is 38.6 Å². The summed E-state index contributed by atoms with van der Waals surface area (Å²) < 4.78 is 43.3. The highest BCUT2D eigenvalue weighted by Crippen LogP contribution is 2.31. The molecule has 1 aliphatic heterocycles. The number of carbonyl (C=O) groups excluding carboxylic acids is 1. The molecule has 1 amide bonds. The summed E-state index contributed by atoms with van der Waals surface area (Å²) in [5, 5.41) is 8.19. The van der Waals surface area contributed by atoms with Gasteiger partial charge in [0, 0.05) is 11.1 Å². The monoisotopic (exact) mass is 587 g/mol. The van der Waals surface area contributed by atoms with Crippen molar-refractivity contribution in [2.75, 3.05) is 5.75 Å². The van der Waals surface area contributed by atoms with Crippen LogP contribution >= 0.6 is 11.8 Å². The van der Waals surface area contributed by atoms with Crippen LogP contribution in [0.5, 0.6) is 5.75 Å². The minimum atomic E-state index is -4.75. The number of ether oxygens (including phenoxy) is 1. The summed E-state index contributed by atoms with van der Waals surface area (Å²) in [5.74, 6) is 0.140. The number of hydrogen-bond acceptors (Lipinski definition) is 6. The molecule has 1 saturated heterocycles. The Labute approximate surface area is 243 Å². The highest BCUT2D eigenvalue weighted by molar-refractivity contribution is 8.15. The molecule has 0 radical (unpaired) electrons. The lowest BCUT2D eigenvalue weighted by Gasteiger charge is -2.12. The van der Waals surface area contributed by atoms with Gasteiger partial charge in [0.05, 0.1) is 28.7 Å². The van der Waals surface area contributed by atoms with E-state index in [-0.39, 0.29) is 17.4 Å². The number of thioether (sulfide) groups is 1. The first-order chi connectivity index (χ1) is 20.2. The van der Waals surface area contributed by atoms with Gasteiger partial charge in [0.2, 0.25) is 0 Å². The van der Waals surface area contributed by atoms with Gasteiger partial charge in [0.15, 0.2) is 5.17 Å². The van der Waals surface area contributed by atoms with Gasteiger partial charge in [-0.05, 0) is 64.9 Å². The largest absolute Gasteiger partial charge is 0.573 e. The number of alkyl halides is 3. The molecule has 212 valence electrons. The summed E-state index contributed by atoms with van der Waals surface area (Å²) in [6.45, 7) is 4.21. The third-order valence-corrected chi connectivity index (χ3v) is 7.66. The average molecular weight is 588 g/mol. The molecule has 7 nitrogen and oxygen atoms in total. The third kappa shape index (κ3) is 5.60. The topological polar surface area (TPSA) is 72.1 Å². The van der Waals surface area contributed by atoms with E-state index in [0.29, 0.717) is 16.8 Å². The van der Waals surface area contributed by atoms with Crippen LogP contribution in [0.15, 0.2) is 95.3 Å². The van der Waals surface area contributed by atoms with Gasteiger partial charge in [0.1, 0.15) is 12.1 Å². The average Bonchev–Trinajstić information content (AvgIpc) is 3.55. The Balaban J connectivity index is 1.26. The molecular formula is C31H24F3N5O2S. The number of amidine groups is 1. The van der Waals surface area contributed by atoms with E-state index < -0.39 is 6.36 Å². The van der Waals surface area contributed by atoms with Crippen LogP contribution in [0.3, 0.4) is 0 Å². The second kappa shape index (κ2) is 11.0. The number of fused-ring (bicyclic) bond motifs is 3. The zero-order valence-electron chi connectivity index (χ0n) is 22.5. The van der Waals surface area contributed by atoms with E-state index in [4.69, 9.17) is 4.99 Å². The van der Waals surface area contributed by atoms with Crippen molar-refractivity contribution in [2.45, 2.75) is 26.1 Å². The number of rotatable bonds is 6. The fourth-order valence-corrected chi connectivity index (χ4v) is 5.59. The number of para-hydroxylation sites is 1. The van der Waals surface area contributed by atoms with Gasteiger partial charge in [0.25, 0.3) is 5.91 Å². The van der Waals surface area contributed by atoms with Crippen LogP contribution in [-0.4, -0.2) is 44.0 Å². The molecule has 0 aliphatic carbocycles. The Morgan fingerprint density at radius 1 is 1.02 bits per heavy atom. The van der Waals surface area contributed by atoms with Crippen molar-refractivity contribution < 1.29 is 22.7 Å². The summed E-state index contributed by atoms with van der Waals surface area (Å²) in [5.41, 5.74) is 4.92. The Morgan fingerprint density at radius 2 is 1.81 bits per heavy atom. The molecular weight excluding hydrogens is 563 g/mol. The Morgan fingerprint density at radius 3 is 2.57 bits per heavy atom. The van der Waals surface area contributed by atoms with Crippen LogP contribution in [0.4, 0.5) is 18.9 Å². The summed E-state index contributed by atoms with van der Waals surface area (Å²) in [7, 11) is 0. The maximum Gasteiger partial charge on any atom is 0.573 e. The van der Waals surface area contributed by atoms with E-state index in [1.165, 1.54) is 28.9 Å². The van der Waals surface area contributed by atoms with E-state index >= 15 is 0 Å². The Hall–Kier alpha value is -4.64. The minimum absolute atomic E-state index is 0.136. The number of nitrogens with zero attached hydrogens (tertiary/aromatic N) is 5. The molecule has 4 aromatic carbocycles. The molecule has 1 aliphatic rings. The summed E-state index contributed by atoms with van der Waals surface area (Å²) in [4.78, 5) is 21.9. The van der Waals surface area contributed by atoms with Crippen LogP contribution in [-0.2, 0) is 4.79 Å². The molecule has 6 rings (SSSR count). The predicted molar refractivity (Wildman–Crippen MR) is 160 cm³/mol. The Kier molecular flexibility index (Phi) is 7.19. The van der Waals surface area contributed by atoms with E-state index in [1.54, 1.807) is 29.2 Å². The van der Waals surface area contributed by atoms with Crippen molar-refractivity contribution in [3.63, 3.8) is 0 Å². The summed E-state index contributed by atoms with van der Waals surface area (Å²) >= 11 is 1.36. The van der Waals surface area contributed by atoms with Gasteiger partial charge < -0.3 is 4.74 Å². The van der Waals surface area contributed by atoms with Crippen molar-refractivity contribution >= 4 is 56.5 Å². The number of benzene rings is 4. The molecule has 0 saturated carbocycles. The fraction of sp³-hybridized carbons (Fsp3) is 0.161. The van der Waals surface area contributed by atoms with Gasteiger partial charge in [-0.2, -0.15) is 10.1 Å². The van der Waals surface area contributed by atoms with Gasteiger partial charge >= 0.3 is 6.36 Å². The predicted octanol–water partition coefficient (Wildman–Crippen LogP) is 7.80. The number of carbonyl (C=O) groups is 1. The number of amides is 1. The molecule has 0 unspecified atom stereocenters. The number of aromatic nitrogens is 2.